The Morgan fingerprint density at radius 1 is 0.731 bits per heavy atom. The van der Waals surface area contributed by atoms with Crippen LogP contribution in [0.1, 0.15) is 0 Å². The van der Waals surface area contributed by atoms with E-state index in [1.165, 1.54) is 9.64 Å². The normalized spacial score (nSPS) is 15.2. The molecule has 0 radical (unpaired) electrons. The van der Waals surface area contributed by atoms with E-state index >= 15 is 0 Å². The molecule has 12 heteroatoms. The largest absolute Gasteiger partial charge is 0.457 e. The molecular formula is C14H41NO4Si7. The number of nitrogens with two attached hydrogens (primary N) is 1. The topological polar surface area (TPSA) is 62.9 Å². The van der Waals surface area contributed by atoms with E-state index in [-0.39, 0.29) is 0 Å². The van der Waals surface area contributed by atoms with Crippen LogP contribution in [0.15, 0.2) is 22.8 Å². The average molecular weight is 484 g/mol. The van der Waals surface area contributed by atoms with Gasteiger partial charge in [0.25, 0.3) is 10.0 Å². The summed E-state index contributed by atoms with van der Waals surface area (Å²) in [6.45, 7) is 28.4. The van der Waals surface area contributed by atoms with Crippen molar-refractivity contribution in [2.75, 3.05) is 6.17 Å². The first-order valence-electron chi connectivity index (χ1n) is 9.15. The molecule has 154 valence electrons. The Labute approximate surface area is 172 Å². The lowest BCUT2D eigenvalue weighted by atomic mass is 11.2. The van der Waals surface area contributed by atoms with Crippen molar-refractivity contribution in [1.29, 1.82) is 0 Å². The maximum absolute atomic E-state index is 6.44. The van der Waals surface area contributed by atoms with Crippen LogP contribution < -0.4 is 5.73 Å². The third-order valence-corrected chi connectivity index (χ3v) is 29.9. The van der Waals surface area contributed by atoms with Gasteiger partial charge < -0.3 is 22.2 Å². The molecule has 0 aromatic rings. The first-order valence-corrected chi connectivity index (χ1v) is 25.2. The maximum Gasteiger partial charge on any atom is 0.284 e. The quantitative estimate of drug-likeness (QED) is 0.400. The summed E-state index contributed by atoms with van der Waals surface area (Å²) in [5.74, 6) is 0. The highest BCUT2D eigenvalue weighted by atomic mass is 28.4. The summed E-state index contributed by atoms with van der Waals surface area (Å²) < 4.78 is 24.8. The molecule has 0 aliphatic rings. The Balaban J connectivity index is 4.53. The SMILES string of the molecule is C=C([SiH2]O[Si](C)(C)C(=C)[SiH2]O[Si](C)(C)C)[Si](C)(C)O[SiH2]O[Si](C)(C)CN. The molecule has 0 bridgehead atoms. The Morgan fingerprint density at radius 3 is 1.58 bits per heavy atom. The molecule has 0 unspecified atom stereocenters. The Hall–Kier alpha value is 0.798. The number of rotatable bonds is 13. The third-order valence-electron chi connectivity index (χ3n) is 4.35. The van der Waals surface area contributed by atoms with Crippen molar-refractivity contribution in [1.82, 2.24) is 0 Å². The zero-order valence-electron chi connectivity index (χ0n) is 18.5. The van der Waals surface area contributed by atoms with Gasteiger partial charge in [-0.15, -0.1) is 13.2 Å². The van der Waals surface area contributed by atoms with E-state index in [9.17, 15) is 0 Å². The zero-order valence-corrected chi connectivity index (χ0v) is 26.7. The molecule has 0 saturated heterocycles. The second-order valence-electron chi connectivity index (χ2n) is 9.29. The van der Waals surface area contributed by atoms with E-state index in [4.69, 9.17) is 22.2 Å². The van der Waals surface area contributed by atoms with Gasteiger partial charge in [-0.2, -0.15) is 0 Å². The summed E-state index contributed by atoms with van der Waals surface area (Å²) >= 11 is 0. The van der Waals surface area contributed by atoms with E-state index in [0.717, 1.165) is 0 Å². The minimum absolute atomic E-state index is 0.634. The molecule has 0 aliphatic carbocycles. The highest BCUT2D eigenvalue weighted by Gasteiger charge is 2.32. The second-order valence-corrected chi connectivity index (χ2v) is 33.4. The fourth-order valence-electron chi connectivity index (χ4n) is 1.52. The predicted octanol–water partition coefficient (Wildman–Crippen LogP) is 1.27. The Morgan fingerprint density at radius 2 is 1.15 bits per heavy atom. The van der Waals surface area contributed by atoms with Gasteiger partial charge in [0, 0.05) is 6.17 Å². The summed E-state index contributed by atoms with van der Waals surface area (Å²) in [5.41, 5.74) is 5.77. The van der Waals surface area contributed by atoms with Crippen LogP contribution in [-0.4, -0.2) is 69.0 Å². The minimum atomic E-state index is -1.96. The van der Waals surface area contributed by atoms with Gasteiger partial charge in [0.1, 0.15) is 0 Å². The van der Waals surface area contributed by atoms with Crippen molar-refractivity contribution in [3.63, 3.8) is 0 Å². The van der Waals surface area contributed by atoms with E-state index in [1.54, 1.807) is 0 Å². The second kappa shape index (κ2) is 10.5. The Bertz CT molecular complexity index is 492. The van der Waals surface area contributed by atoms with Crippen molar-refractivity contribution in [2.45, 2.75) is 58.9 Å². The van der Waals surface area contributed by atoms with Crippen molar-refractivity contribution < 1.29 is 16.5 Å². The van der Waals surface area contributed by atoms with Gasteiger partial charge >= 0.3 is 0 Å². The van der Waals surface area contributed by atoms with Gasteiger partial charge in [-0.05, 0) is 58.9 Å². The standard InChI is InChI=1S/C14H41NO4Si7/c1-13(20-16-23(3,4)5)25(8,9)17-21-14(2)26(10,11)19-22-18-24(6,7)12-15/h1-2,12,15,20-22H2,3-11H3. The van der Waals surface area contributed by atoms with E-state index in [0.29, 0.717) is 6.17 Å². The molecule has 0 aromatic carbocycles. The number of hydrogen-bond acceptors (Lipinski definition) is 5. The predicted molar refractivity (Wildman–Crippen MR) is 133 cm³/mol. The van der Waals surface area contributed by atoms with Crippen LogP contribution in [0, 0.1) is 0 Å². The zero-order chi connectivity index (χ0) is 20.8. The van der Waals surface area contributed by atoms with Gasteiger partial charge in [-0.1, -0.05) is 9.64 Å². The molecule has 5 nitrogen and oxygen atoms in total. The van der Waals surface area contributed by atoms with Crippen molar-refractivity contribution in [2.24, 2.45) is 5.73 Å². The van der Waals surface area contributed by atoms with E-state index < -0.39 is 62.8 Å². The van der Waals surface area contributed by atoms with Crippen LogP contribution in [0.2, 0.25) is 58.9 Å². The smallest absolute Gasteiger partial charge is 0.284 e. The first kappa shape index (κ1) is 26.8. The summed E-state index contributed by atoms with van der Waals surface area (Å²) in [4.78, 5) is 2.47. The molecule has 0 atom stereocenters. The molecular weight excluding hydrogens is 443 g/mol. The molecule has 26 heavy (non-hydrogen) atoms. The lowest BCUT2D eigenvalue weighted by molar-refractivity contribution is 0.454. The van der Waals surface area contributed by atoms with Gasteiger partial charge in [-0.25, -0.2) is 0 Å². The van der Waals surface area contributed by atoms with Gasteiger partial charge in [-0.3, -0.25) is 0 Å². The number of hydrogen-bond donors (Lipinski definition) is 1. The molecule has 0 fully saturated rings. The molecule has 0 saturated carbocycles. The van der Waals surface area contributed by atoms with Gasteiger partial charge in [0.15, 0.2) is 52.8 Å². The van der Waals surface area contributed by atoms with Crippen LogP contribution in [0.25, 0.3) is 0 Å². The molecule has 0 aromatic heterocycles. The first-order chi connectivity index (χ1) is 11.5. The Kier molecular flexibility index (Phi) is 10.9. The minimum Gasteiger partial charge on any atom is -0.457 e. The van der Waals surface area contributed by atoms with Crippen LogP contribution >= 0.6 is 0 Å². The van der Waals surface area contributed by atoms with Crippen molar-refractivity contribution in [3.8, 4) is 0 Å². The van der Waals surface area contributed by atoms with Crippen LogP contribution in [0.5, 0.6) is 0 Å². The molecule has 0 heterocycles. The van der Waals surface area contributed by atoms with Gasteiger partial charge in [0.05, 0.1) is 0 Å². The highest BCUT2D eigenvalue weighted by Crippen LogP contribution is 2.19. The average Bonchev–Trinajstić information content (AvgIpc) is 2.49. The molecule has 0 rings (SSSR count). The van der Waals surface area contributed by atoms with Gasteiger partial charge in [0.2, 0.25) is 0 Å². The third kappa shape index (κ3) is 11.0. The fraction of sp³-hybridized carbons (Fsp3) is 0.714. The molecule has 0 spiro atoms. The van der Waals surface area contributed by atoms with Crippen molar-refractivity contribution in [3.05, 3.63) is 22.8 Å². The van der Waals surface area contributed by atoms with Crippen LogP contribution in [0.3, 0.4) is 0 Å². The van der Waals surface area contributed by atoms with Crippen molar-refractivity contribution >= 4 is 62.8 Å². The van der Waals surface area contributed by atoms with E-state index in [1.807, 2.05) is 0 Å². The lowest BCUT2D eigenvalue weighted by Gasteiger charge is -2.32. The molecule has 0 amide bonds. The maximum atomic E-state index is 6.44. The van der Waals surface area contributed by atoms with Crippen LogP contribution in [0.4, 0.5) is 0 Å². The van der Waals surface area contributed by atoms with E-state index in [2.05, 4.69) is 72.1 Å². The summed E-state index contributed by atoms with van der Waals surface area (Å²) in [6, 6.07) is 0. The summed E-state index contributed by atoms with van der Waals surface area (Å²) in [6.07, 6.45) is 0.634. The van der Waals surface area contributed by atoms with Crippen LogP contribution in [-0.2, 0) is 16.5 Å². The summed E-state index contributed by atoms with van der Waals surface area (Å²) in [7, 11) is -9.67. The monoisotopic (exact) mass is 483 g/mol. The molecule has 2 N–H and O–H groups in total. The summed E-state index contributed by atoms with van der Waals surface area (Å²) in [5, 5.41) is 0. The fourth-order valence-corrected chi connectivity index (χ4v) is 17.3. The molecule has 0 aliphatic heterocycles. The highest BCUT2D eigenvalue weighted by molar-refractivity contribution is 6.96. The lowest BCUT2D eigenvalue weighted by Crippen LogP contribution is -2.46.